The Labute approximate surface area is 274 Å². The molecule has 0 saturated carbocycles. The Kier molecular flexibility index (Phi) is 13.5. The highest BCUT2D eigenvalue weighted by atomic mass is 31.2. The minimum Gasteiger partial charge on any atom is -0.476 e. The Bertz CT molecular complexity index is 1370. The number of aromatic nitrogens is 4. The summed E-state index contributed by atoms with van der Waals surface area (Å²) in [6.45, 7) is 13.9. The van der Waals surface area contributed by atoms with Crippen molar-refractivity contribution in [2.75, 3.05) is 32.2 Å². The molecule has 0 bridgehead atoms. The van der Waals surface area contributed by atoms with Gasteiger partial charge in [-0.25, -0.2) is 15.2 Å². The lowest BCUT2D eigenvalue weighted by Crippen LogP contribution is -2.47. The Morgan fingerprint density at radius 3 is 2.09 bits per heavy atom. The Balaban J connectivity index is 1.94. The van der Waals surface area contributed by atoms with Crippen molar-refractivity contribution in [2.24, 2.45) is 11.8 Å². The molecule has 0 aliphatic carbocycles. The van der Waals surface area contributed by atoms with E-state index in [-0.39, 0.29) is 60.9 Å². The number of imidazole rings is 1. The molecule has 0 aromatic carbocycles. The molecule has 0 spiro atoms. The van der Waals surface area contributed by atoms with E-state index >= 15 is 0 Å². The number of nitrogen functional groups attached to an aromatic ring is 1. The second-order valence-corrected chi connectivity index (χ2v) is 14.2. The molecule has 0 amide bonds. The van der Waals surface area contributed by atoms with Gasteiger partial charge >= 0.3 is 19.6 Å². The zero-order valence-electron chi connectivity index (χ0n) is 28.3. The zero-order chi connectivity index (χ0) is 35.1. The molecule has 2 aromatic heterocycles. The summed E-state index contributed by atoms with van der Waals surface area (Å²) in [6, 6.07) is -2.13. The maximum absolute atomic E-state index is 14.5. The van der Waals surface area contributed by atoms with Gasteiger partial charge in [-0.15, -0.1) is 0 Å². The molecule has 3 rings (SSSR count). The molecule has 0 radical (unpaired) electrons. The maximum atomic E-state index is 14.5. The number of esters is 2. The van der Waals surface area contributed by atoms with Crippen LogP contribution >= 0.6 is 7.67 Å². The van der Waals surface area contributed by atoms with Crippen LogP contribution in [0.15, 0.2) is 6.33 Å². The number of nitrogens with two attached hydrogens (primary N) is 1. The molecule has 266 valence electrons. The molecule has 3 unspecified atom stereocenters. The number of carbonyl (C=O) groups is 2. The van der Waals surface area contributed by atoms with Crippen LogP contribution in [0.2, 0.25) is 0 Å². The topological polar surface area (TPSA) is 232 Å². The molecular formula is C29H50N7O10P. The van der Waals surface area contributed by atoms with Gasteiger partial charge in [-0.05, 0) is 52.4 Å². The van der Waals surface area contributed by atoms with Crippen LogP contribution in [0.4, 0.5) is 5.95 Å². The van der Waals surface area contributed by atoms with Gasteiger partial charge in [0, 0.05) is 0 Å². The lowest BCUT2D eigenvalue weighted by atomic mass is 9.96. The number of anilines is 1. The van der Waals surface area contributed by atoms with E-state index in [1.54, 1.807) is 20.8 Å². The van der Waals surface area contributed by atoms with E-state index < -0.39 is 62.3 Å². The molecule has 2 aromatic rings. The molecule has 17 nitrogen and oxygen atoms in total. The lowest BCUT2D eigenvalue weighted by molar-refractivity contribution is -0.146. The maximum Gasteiger partial charge on any atom is 0.342 e. The number of ether oxygens (including phenoxy) is 4. The fourth-order valence-electron chi connectivity index (χ4n) is 5.23. The van der Waals surface area contributed by atoms with Crippen LogP contribution in [-0.4, -0.2) is 98.0 Å². The fraction of sp³-hybridized carbons (Fsp3) is 0.759. The Morgan fingerprint density at radius 2 is 1.60 bits per heavy atom. The molecule has 6 atom stereocenters. The number of carbonyl (C=O) groups excluding carboxylic acids is 2. The van der Waals surface area contributed by atoms with E-state index in [2.05, 4.69) is 25.1 Å². The van der Waals surface area contributed by atoms with Gasteiger partial charge in [0.05, 0.1) is 32.8 Å². The van der Waals surface area contributed by atoms with E-state index in [0.717, 1.165) is 0 Å². The van der Waals surface area contributed by atoms with Crippen molar-refractivity contribution in [1.29, 1.82) is 0 Å². The van der Waals surface area contributed by atoms with E-state index in [0.29, 0.717) is 6.61 Å². The average molecular weight is 688 g/mol. The largest absolute Gasteiger partial charge is 0.476 e. The molecule has 3 heterocycles. The average Bonchev–Trinajstić information content (AvgIpc) is 3.48. The number of nitrogens with one attached hydrogen (secondary N) is 2. The molecule has 1 aliphatic rings. The monoisotopic (exact) mass is 687 g/mol. The summed E-state index contributed by atoms with van der Waals surface area (Å²) in [6.07, 6.45) is -2.23. The van der Waals surface area contributed by atoms with Gasteiger partial charge in [0.1, 0.15) is 29.9 Å². The highest BCUT2D eigenvalue weighted by molar-refractivity contribution is 7.54. The van der Waals surface area contributed by atoms with Gasteiger partial charge in [-0.1, -0.05) is 27.7 Å². The molecular weight excluding hydrogens is 637 g/mol. The summed E-state index contributed by atoms with van der Waals surface area (Å²) < 4.78 is 43.9. The number of aliphatic hydroxyl groups excluding tert-OH is 1. The third kappa shape index (κ3) is 9.59. The van der Waals surface area contributed by atoms with Gasteiger partial charge in [0.25, 0.3) is 0 Å². The van der Waals surface area contributed by atoms with Crippen molar-refractivity contribution in [1.82, 2.24) is 29.7 Å². The van der Waals surface area contributed by atoms with Crippen molar-refractivity contribution in [2.45, 2.75) is 104 Å². The molecule has 1 fully saturated rings. The quantitative estimate of drug-likeness (QED) is 0.111. The van der Waals surface area contributed by atoms with Gasteiger partial charge in [0.2, 0.25) is 11.8 Å². The SMILES string of the molecule is CCOC(=O)C(CC(C)C)NP(=O)(NC(CC(C)C)C(=O)OCC)OC[C@H]1O[C@@H](n2cnc3c(OCC)nc(N)nc32)C(C)(O)[C@H]1O. The molecule has 18 heteroatoms. The van der Waals surface area contributed by atoms with E-state index in [9.17, 15) is 24.4 Å². The van der Waals surface area contributed by atoms with E-state index in [4.69, 9.17) is 29.2 Å². The van der Waals surface area contributed by atoms with Crippen molar-refractivity contribution in [3.63, 3.8) is 0 Å². The number of nitrogens with zero attached hydrogens (tertiary/aromatic N) is 4. The smallest absolute Gasteiger partial charge is 0.342 e. The first kappa shape index (κ1) is 38.5. The zero-order valence-corrected chi connectivity index (χ0v) is 29.2. The number of rotatable bonds is 18. The number of hydrogen-bond donors (Lipinski definition) is 5. The first-order valence-corrected chi connectivity index (χ1v) is 17.5. The third-order valence-corrected chi connectivity index (χ3v) is 9.14. The van der Waals surface area contributed by atoms with Crippen LogP contribution < -0.4 is 20.6 Å². The summed E-state index contributed by atoms with van der Waals surface area (Å²) in [5.74, 6) is -1.28. The van der Waals surface area contributed by atoms with Crippen LogP contribution in [0.25, 0.3) is 11.2 Å². The van der Waals surface area contributed by atoms with Gasteiger partial charge < -0.3 is 39.4 Å². The first-order valence-electron chi connectivity index (χ1n) is 15.9. The second kappa shape index (κ2) is 16.5. The number of hydrogen-bond acceptors (Lipinski definition) is 14. The minimum atomic E-state index is -4.31. The number of fused-ring (bicyclic) bond motifs is 1. The highest BCUT2D eigenvalue weighted by Gasteiger charge is 2.54. The standard InChI is InChI=1S/C29H50N7O10P/c1-9-42-24-21-23(32-28(30)33-24)36(15-31-21)27-29(8,40)22(37)20(46-27)14-45-47(41,34-18(12-16(4)5)25(38)43-10-2)35-19(13-17(6)7)26(39)44-11-3/h15-20,22,27,37,40H,9-14H2,1-8H3,(H2,30,32,33)(H2,34,35,41)/t18?,19?,20-,22+,27-,29?,47?/m1/s1. The van der Waals surface area contributed by atoms with Crippen LogP contribution in [0.5, 0.6) is 5.88 Å². The predicted molar refractivity (Wildman–Crippen MR) is 171 cm³/mol. The van der Waals surface area contributed by atoms with Crippen molar-refractivity contribution < 1.29 is 47.8 Å². The highest BCUT2D eigenvalue weighted by Crippen LogP contribution is 2.45. The van der Waals surface area contributed by atoms with Crippen molar-refractivity contribution in [3.05, 3.63) is 6.33 Å². The van der Waals surface area contributed by atoms with Crippen LogP contribution in [0.1, 0.15) is 74.5 Å². The number of aliphatic hydroxyl groups is 2. The second-order valence-electron chi connectivity index (χ2n) is 12.3. The van der Waals surface area contributed by atoms with Gasteiger partial charge in [-0.2, -0.15) is 9.97 Å². The Morgan fingerprint density at radius 1 is 1.04 bits per heavy atom. The molecule has 1 saturated heterocycles. The summed E-state index contributed by atoms with van der Waals surface area (Å²) >= 11 is 0. The van der Waals surface area contributed by atoms with E-state index in [1.807, 2.05) is 27.7 Å². The Hall–Kier alpha value is -2.92. The van der Waals surface area contributed by atoms with Crippen LogP contribution in [-0.2, 0) is 32.9 Å². The van der Waals surface area contributed by atoms with Crippen molar-refractivity contribution in [3.8, 4) is 5.88 Å². The van der Waals surface area contributed by atoms with E-state index in [1.165, 1.54) is 17.8 Å². The summed E-state index contributed by atoms with van der Waals surface area (Å²) in [5.41, 5.74) is 4.42. The third-order valence-electron chi connectivity index (χ3n) is 7.32. The first-order chi connectivity index (χ1) is 22.1. The fourth-order valence-corrected chi connectivity index (χ4v) is 7.05. The van der Waals surface area contributed by atoms with Crippen molar-refractivity contribution >= 4 is 36.7 Å². The summed E-state index contributed by atoms with van der Waals surface area (Å²) in [4.78, 5) is 38.4. The van der Waals surface area contributed by atoms with Crippen LogP contribution in [0.3, 0.4) is 0 Å². The van der Waals surface area contributed by atoms with Crippen LogP contribution in [0, 0.1) is 11.8 Å². The molecule has 1 aliphatic heterocycles. The summed E-state index contributed by atoms with van der Waals surface area (Å²) in [5, 5.41) is 28.2. The normalized spacial score (nSPS) is 24.0. The molecule has 47 heavy (non-hydrogen) atoms. The van der Waals surface area contributed by atoms with Gasteiger partial charge in [0.15, 0.2) is 17.4 Å². The lowest BCUT2D eigenvalue weighted by Gasteiger charge is -2.30. The van der Waals surface area contributed by atoms with Gasteiger partial charge in [-0.3, -0.25) is 18.7 Å². The summed E-state index contributed by atoms with van der Waals surface area (Å²) in [7, 11) is -4.31. The predicted octanol–water partition coefficient (Wildman–Crippen LogP) is 2.08. The minimum absolute atomic E-state index is 0.0104. The molecule has 6 N–H and O–H groups in total.